The zero-order chi connectivity index (χ0) is 33.4. The van der Waals surface area contributed by atoms with Crippen LogP contribution >= 0.6 is 0 Å². The maximum Gasteiger partial charge on any atom is 0.306 e. The lowest BCUT2D eigenvalue weighted by Crippen LogP contribution is -2.43. The maximum atomic E-state index is 15.1. The summed E-state index contributed by atoms with van der Waals surface area (Å²) in [6.45, 7) is 3.11. The monoisotopic (exact) mass is 657 g/mol. The molecule has 258 valence electrons. The molecule has 5 atom stereocenters. The molecule has 2 unspecified atom stereocenters. The van der Waals surface area contributed by atoms with Gasteiger partial charge in [0, 0.05) is 56.1 Å². The first-order valence-corrected chi connectivity index (χ1v) is 18.4. The third kappa shape index (κ3) is 6.69. The van der Waals surface area contributed by atoms with E-state index in [1.165, 1.54) is 32.1 Å². The van der Waals surface area contributed by atoms with Crippen LogP contribution < -0.4 is 10.2 Å². The summed E-state index contributed by atoms with van der Waals surface area (Å²) in [5.41, 5.74) is 4.06. The van der Waals surface area contributed by atoms with Crippen LogP contribution in [0.4, 0.5) is 16.2 Å². The van der Waals surface area contributed by atoms with E-state index in [0.29, 0.717) is 24.4 Å². The largest absolute Gasteiger partial charge is 0.481 e. The number of aryl methyl sites for hydroxylation is 2. The smallest absolute Gasteiger partial charge is 0.306 e. The minimum atomic E-state index is -0.669. The summed E-state index contributed by atoms with van der Waals surface area (Å²) < 4.78 is 16.9. The van der Waals surface area contributed by atoms with Crippen molar-refractivity contribution in [2.45, 2.75) is 120 Å². The highest BCUT2D eigenvalue weighted by atomic mass is 19.1. The Labute approximate surface area is 284 Å². The van der Waals surface area contributed by atoms with Gasteiger partial charge in [-0.05, 0) is 101 Å². The van der Waals surface area contributed by atoms with E-state index in [1.54, 1.807) is 12.1 Å². The fourth-order valence-electron chi connectivity index (χ4n) is 9.52. The van der Waals surface area contributed by atoms with Crippen molar-refractivity contribution in [1.29, 1.82) is 0 Å². The van der Waals surface area contributed by atoms with Gasteiger partial charge < -0.3 is 15.3 Å². The Bertz CT molecular complexity index is 1570. The number of rotatable bonds is 11. The van der Waals surface area contributed by atoms with E-state index in [9.17, 15) is 9.90 Å². The molecular weight excluding hydrogens is 605 g/mol. The van der Waals surface area contributed by atoms with E-state index in [2.05, 4.69) is 40.4 Å². The Hall–Kier alpha value is -3.53. The maximum absolute atomic E-state index is 15.1. The summed E-state index contributed by atoms with van der Waals surface area (Å²) in [4.78, 5) is 27.2. The van der Waals surface area contributed by atoms with Gasteiger partial charge in [0.2, 0.25) is 5.95 Å². The summed E-state index contributed by atoms with van der Waals surface area (Å²) in [6, 6.07) is 8.68. The normalized spacial score (nSPS) is 26.9. The van der Waals surface area contributed by atoms with Crippen LogP contribution in [-0.4, -0.2) is 67.4 Å². The van der Waals surface area contributed by atoms with Gasteiger partial charge in [-0.3, -0.25) is 14.4 Å². The van der Waals surface area contributed by atoms with Gasteiger partial charge in [-0.25, -0.2) is 9.37 Å². The van der Waals surface area contributed by atoms with Gasteiger partial charge in [0.05, 0.1) is 23.9 Å². The van der Waals surface area contributed by atoms with Crippen molar-refractivity contribution in [1.82, 2.24) is 24.6 Å². The SMILES string of the molecule is CC[C@H](C1CCC(C(=O)O)CC1)N(C)c1nc2c(c(N[C@@H](CN3C4CCCC3CC4)c3cnn(C)c3)n1)C[C@H](c1ccccc1F)CC2. The number of piperidine rings is 1. The van der Waals surface area contributed by atoms with Crippen LogP contribution in [0.1, 0.15) is 112 Å². The standard InChI is InChI=1S/C38H52FN7O2/c1-4-35(24-12-14-25(15-13-24)37(47)48)45(3)38-42-33-19-16-26(30-10-5-6-11-32(30)39)20-31(33)36(43-38)41-34(27-21-40-44(2)22-27)23-46-28-8-7-9-29(46)18-17-28/h5-6,10-11,21-22,24-26,28-29,34-35H,4,7-9,12-20,23H2,1-3H3,(H,47,48)(H,41,42,43)/t24?,25?,26-,28?,29?,34+,35-/m1/s1. The Morgan fingerprint density at radius 1 is 1.06 bits per heavy atom. The van der Waals surface area contributed by atoms with Crippen molar-refractivity contribution in [3.8, 4) is 0 Å². The van der Waals surface area contributed by atoms with Crippen LogP contribution in [0, 0.1) is 17.7 Å². The molecule has 2 aliphatic heterocycles. The average Bonchev–Trinajstić information content (AvgIpc) is 3.61. The number of nitrogens with one attached hydrogen (secondary N) is 1. The summed E-state index contributed by atoms with van der Waals surface area (Å²) in [5.74, 6) is 0.986. The first-order chi connectivity index (χ1) is 23.3. The Balaban J connectivity index is 1.23. The number of fused-ring (bicyclic) bond motifs is 3. The number of halogens is 1. The van der Waals surface area contributed by atoms with Gasteiger partial charge in [0.25, 0.3) is 0 Å². The van der Waals surface area contributed by atoms with E-state index in [0.717, 1.165) is 85.6 Å². The van der Waals surface area contributed by atoms with Crippen molar-refractivity contribution in [3.05, 3.63) is 64.9 Å². The van der Waals surface area contributed by atoms with Gasteiger partial charge in [0.1, 0.15) is 11.6 Å². The number of carboxylic acids is 1. The first-order valence-electron chi connectivity index (χ1n) is 18.4. The molecule has 1 aromatic carbocycles. The second kappa shape index (κ2) is 14.1. The van der Waals surface area contributed by atoms with Crippen LogP contribution in [0.3, 0.4) is 0 Å². The molecule has 0 amide bonds. The molecule has 4 heterocycles. The number of hydrogen-bond donors (Lipinski definition) is 2. The molecule has 0 radical (unpaired) electrons. The highest BCUT2D eigenvalue weighted by molar-refractivity contribution is 5.70. The minimum Gasteiger partial charge on any atom is -0.481 e. The number of hydrogen-bond acceptors (Lipinski definition) is 7. The second-order valence-corrected chi connectivity index (χ2v) is 15.0. The van der Waals surface area contributed by atoms with Crippen LogP contribution in [0.5, 0.6) is 0 Å². The molecule has 4 aliphatic rings. The number of nitrogens with zero attached hydrogens (tertiary/aromatic N) is 6. The molecule has 3 fully saturated rings. The molecule has 0 spiro atoms. The molecule has 2 N–H and O–H groups in total. The second-order valence-electron chi connectivity index (χ2n) is 15.0. The number of benzene rings is 1. The number of carboxylic acid groups (broad SMARTS) is 1. The average molecular weight is 658 g/mol. The number of aromatic nitrogens is 4. The Kier molecular flexibility index (Phi) is 9.72. The van der Waals surface area contributed by atoms with E-state index < -0.39 is 5.97 Å². The molecule has 48 heavy (non-hydrogen) atoms. The number of aliphatic carboxylic acids is 1. The zero-order valence-electron chi connectivity index (χ0n) is 28.8. The van der Waals surface area contributed by atoms with Gasteiger partial charge >= 0.3 is 5.97 Å². The summed E-state index contributed by atoms with van der Waals surface area (Å²) in [7, 11) is 4.08. The predicted molar refractivity (Wildman–Crippen MR) is 186 cm³/mol. The van der Waals surface area contributed by atoms with Crippen molar-refractivity contribution in [2.24, 2.45) is 18.9 Å². The van der Waals surface area contributed by atoms with Crippen LogP contribution in [0.25, 0.3) is 0 Å². The first kappa shape index (κ1) is 33.0. The third-order valence-corrected chi connectivity index (χ3v) is 12.2. The van der Waals surface area contributed by atoms with Gasteiger partial charge in [0.15, 0.2) is 0 Å². The molecule has 2 bridgehead atoms. The Morgan fingerprint density at radius 2 is 1.81 bits per heavy atom. The molecule has 7 rings (SSSR count). The fourth-order valence-corrected chi connectivity index (χ4v) is 9.52. The topological polar surface area (TPSA) is 99.4 Å². The number of anilines is 2. The van der Waals surface area contributed by atoms with Crippen LogP contribution in [-0.2, 0) is 24.7 Å². The van der Waals surface area contributed by atoms with E-state index >= 15 is 4.39 Å². The lowest BCUT2D eigenvalue weighted by molar-refractivity contribution is -0.143. The summed E-state index contributed by atoms with van der Waals surface area (Å²) in [6.07, 6.45) is 17.0. The van der Waals surface area contributed by atoms with Crippen LogP contribution in [0.2, 0.25) is 0 Å². The van der Waals surface area contributed by atoms with Gasteiger partial charge in [-0.1, -0.05) is 31.5 Å². The third-order valence-electron chi connectivity index (χ3n) is 12.2. The van der Waals surface area contributed by atoms with Gasteiger partial charge in [-0.2, -0.15) is 10.1 Å². The quantitative estimate of drug-likeness (QED) is 0.230. The Morgan fingerprint density at radius 3 is 2.48 bits per heavy atom. The molecule has 2 aromatic heterocycles. The molecular formula is C38H52FN7O2. The van der Waals surface area contributed by atoms with Crippen LogP contribution in [0.15, 0.2) is 36.7 Å². The molecule has 9 nitrogen and oxygen atoms in total. The van der Waals surface area contributed by atoms with E-state index in [-0.39, 0.29) is 29.7 Å². The lowest BCUT2D eigenvalue weighted by Gasteiger charge is -2.39. The predicted octanol–water partition coefficient (Wildman–Crippen LogP) is 6.90. The van der Waals surface area contributed by atoms with Crippen molar-refractivity contribution in [2.75, 3.05) is 23.8 Å². The lowest BCUT2D eigenvalue weighted by atomic mass is 9.77. The van der Waals surface area contributed by atoms with Crippen molar-refractivity contribution < 1.29 is 14.3 Å². The minimum absolute atomic E-state index is 0.000775. The summed E-state index contributed by atoms with van der Waals surface area (Å²) >= 11 is 0. The van der Waals surface area contributed by atoms with E-state index in [4.69, 9.17) is 9.97 Å². The number of carbonyl (C=O) groups is 1. The molecule has 1 saturated carbocycles. The van der Waals surface area contributed by atoms with E-state index in [1.807, 2.05) is 30.1 Å². The fraction of sp³-hybridized carbons (Fsp3) is 0.632. The zero-order valence-corrected chi connectivity index (χ0v) is 28.8. The van der Waals surface area contributed by atoms with Gasteiger partial charge in [-0.15, -0.1) is 0 Å². The highest BCUT2D eigenvalue weighted by Crippen LogP contribution is 2.41. The molecule has 10 heteroatoms. The summed E-state index contributed by atoms with van der Waals surface area (Å²) in [5, 5.41) is 18.1. The molecule has 2 saturated heterocycles. The van der Waals surface area contributed by atoms with Crippen molar-refractivity contribution >= 4 is 17.7 Å². The molecule has 3 aromatic rings. The highest BCUT2D eigenvalue weighted by Gasteiger charge is 2.39. The molecule has 2 aliphatic carbocycles. The van der Waals surface area contributed by atoms with Crippen molar-refractivity contribution in [3.63, 3.8) is 0 Å².